The Kier molecular flexibility index (Phi) is 8.52. The number of ether oxygens (including phenoxy) is 2. The van der Waals surface area contributed by atoms with Crippen LogP contribution < -0.4 is 0 Å². The molecule has 0 spiro atoms. The molecule has 1 N–H and O–H groups in total. The minimum absolute atomic E-state index is 0.113. The first kappa shape index (κ1) is 14.9. The van der Waals surface area contributed by atoms with Crippen molar-refractivity contribution in [3.05, 3.63) is 0 Å². The summed E-state index contributed by atoms with van der Waals surface area (Å²) in [6.07, 6.45) is 2.02. The zero-order valence-corrected chi connectivity index (χ0v) is 9.90. The van der Waals surface area contributed by atoms with E-state index >= 15 is 0 Å². The molecule has 0 aliphatic heterocycles. The van der Waals surface area contributed by atoms with Gasteiger partial charge in [-0.2, -0.15) is 0 Å². The van der Waals surface area contributed by atoms with Crippen LogP contribution >= 0.6 is 0 Å². The van der Waals surface area contributed by atoms with Crippen LogP contribution in [0.2, 0.25) is 0 Å². The van der Waals surface area contributed by atoms with Gasteiger partial charge in [0.25, 0.3) is 0 Å². The van der Waals surface area contributed by atoms with E-state index in [-0.39, 0.29) is 25.8 Å². The van der Waals surface area contributed by atoms with Crippen molar-refractivity contribution >= 4 is 11.9 Å². The second-order valence-electron chi connectivity index (χ2n) is 3.42. The summed E-state index contributed by atoms with van der Waals surface area (Å²) in [5.74, 6) is -1.65. The molecule has 0 saturated heterocycles. The second kappa shape index (κ2) is 9.15. The highest BCUT2D eigenvalue weighted by Crippen LogP contribution is 2.03. The van der Waals surface area contributed by atoms with Gasteiger partial charge in [0.05, 0.1) is 13.2 Å². The summed E-state index contributed by atoms with van der Waals surface area (Å²) >= 11 is 0. The lowest BCUT2D eigenvalue weighted by molar-refractivity contribution is -0.156. The van der Waals surface area contributed by atoms with Crippen LogP contribution in [0.5, 0.6) is 0 Å². The molecule has 0 aromatic heterocycles. The molecule has 0 aromatic carbocycles. The van der Waals surface area contributed by atoms with Crippen LogP contribution in [0.4, 0.5) is 0 Å². The van der Waals surface area contributed by atoms with Crippen molar-refractivity contribution < 1.29 is 24.2 Å². The van der Waals surface area contributed by atoms with Gasteiger partial charge in [-0.25, -0.2) is 0 Å². The van der Waals surface area contributed by atoms with Crippen LogP contribution in [-0.4, -0.2) is 36.9 Å². The molecule has 0 saturated carbocycles. The van der Waals surface area contributed by atoms with Crippen molar-refractivity contribution in [3.8, 4) is 0 Å². The minimum Gasteiger partial charge on any atom is -0.466 e. The number of esters is 2. The Hall–Kier alpha value is -1.10. The van der Waals surface area contributed by atoms with E-state index in [1.54, 1.807) is 6.92 Å². The molecule has 5 nitrogen and oxygen atoms in total. The van der Waals surface area contributed by atoms with Gasteiger partial charge in [0.2, 0.25) is 0 Å². The van der Waals surface area contributed by atoms with Gasteiger partial charge in [0.1, 0.15) is 12.5 Å². The number of unbranched alkanes of at least 4 members (excludes halogenated alkanes) is 1. The zero-order chi connectivity index (χ0) is 12.4. The average Bonchev–Trinajstić information content (AvgIpc) is 2.27. The van der Waals surface area contributed by atoms with Crippen molar-refractivity contribution in [2.75, 3.05) is 19.8 Å². The molecule has 0 fully saturated rings. The first-order valence-corrected chi connectivity index (χ1v) is 5.58. The van der Waals surface area contributed by atoms with E-state index in [0.29, 0.717) is 6.42 Å². The maximum Gasteiger partial charge on any atom is 0.314 e. The third-order valence-electron chi connectivity index (χ3n) is 2.02. The SMILES string of the molecule is CCCCC(=O)OCC(CO)C(=O)OCC. The molecule has 0 radical (unpaired) electrons. The monoisotopic (exact) mass is 232 g/mol. The lowest BCUT2D eigenvalue weighted by Crippen LogP contribution is -2.27. The number of rotatable bonds is 8. The summed E-state index contributed by atoms with van der Waals surface area (Å²) in [6, 6.07) is 0. The third-order valence-corrected chi connectivity index (χ3v) is 2.02. The van der Waals surface area contributed by atoms with Gasteiger partial charge < -0.3 is 14.6 Å². The first-order chi connectivity index (χ1) is 7.65. The van der Waals surface area contributed by atoms with Crippen molar-refractivity contribution in [2.45, 2.75) is 33.1 Å². The molecule has 0 bridgehead atoms. The van der Waals surface area contributed by atoms with Crippen LogP contribution in [-0.2, 0) is 19.1 Å². The number of carbonyl (C=O) groups is 2. The predicted octanol–water partition coefficient (Wildman–Crippen LogP) is 0.891. The second-order valence-corrected chi connectivity index (χ2v) is 3.42. The standard InChI is InChI=1S/C11H20O5/c1-3-5-6-10(13)16-8-9(7-12)11(14)15-4-2/h9,12H,3-8H2,1-2H3. The molecule has 1 atom stereocenters. The van der Waals surface area contributed by atoms with Crippen LogP contribution in [0.3, 0.4) is 0 Å². The van der Waals surface area contributed by atoms with Crippen LogP contribution in [0.25, 0.3) is 0 Å². The molecule has 0 aromatic rings. The molecule has 0 heterocycles. The van der Waals surface area contributed by atoms with Crippen molar-refractivity contribution in [1.82, 2.24) is 0 Å². The van der Waals surface area contributed by atoms with E-state index in [1.807, 2.05) is 6.92 Å². The molecule has 0 rings (SSSR count). The van der Waals surface area contributed by atoms with E-state index in [9.17, 15) is 9.59 Å². The van der Waals surface area contributed by atoms with Gasteiger partial charge in [0, 0.05) is 6.42 Å². The summed E-state index contributed by atoms with van der Waals surface area (Å²) < 4.78 is 9.58. The average molecular weight is 232 g/mol. The predicted molar refractivity (Wildman–Crippen MR) is 57.7 cm³/mol. The molecule has 5 heteroatoms. The van der Waals surface area contributed by atoms with Crippen LogP contribution in [0.1, 0.15) is 33.1 Å². The summed E-state index contributed by atoms with van der Waals surface area (Å²) in [5.41, 5.74) is 0. The van der Waals surface area contributed by atoms with E-state index in [0.717, 1.165) is 12.8 Å². The summed E-state index contributed by atoms with van der Waals surface area (Å²) in [6.45, 7) is 3.42. The molecular formula is C11H20O5. The quantitative estimate of drug-likeness (QED) is 0.629. The lowest BCUT2D eigenvalue weighted by atomic mass is 10.2. The Morgan fingerprint density at radius 1 is 1.25 bits per heavy atom. The van der Waals surface area contributed by atoms with Gasteiger partial charge >= 0.3 is 11.9 Å². The zero-order valence-electron chi connectivity index (χ0n) is 9.90. The van der Waals surface area contributed by atoms with Gasteiger partial charge in [-0.1, -0.05) is 13.3 Å². The van der Waals surface area contributed by atoms with Crippen molar-refractivity contribution in [2.24, 2.45) is 5.92 Å². The van der Waals surface area contributed by atoms with E-state index in [1.165, 1.54) is 0 Å². The Morgan fingerprint density at radius 2 is 1.94 bits per heavy atom. The van der Waals surface area contributed by atoms with Gasteiger partial charge in [-0.15, -0.1) is 0 Å². The highest BCUT2D eigenvalue weighted by Gasteiger charge is 2.20. The van der Waals surface area contributed by atoms with Gasteiger partial charge in [0.15, 0.2) is 0 Å². The number of aliphatic hydroxyl groups is 1. The molecule has 0 aliphatic rings. The highest BCUT2D eigenvalue weighted by molar-refractivity contribution is 5.74. The molecule has 16 heavy (non-hydrogen) atoms. The van der Waals surface area contributed by atoms with E-state index in [4.69, 9.17) is 14.6 Å². The largest absolute Gasteiger partial charge is 0.466 e. The normalized spacial score (nSPS) is 11.9. The third kappa shape index (κ3) is 6.40. The fraction of sp³-hybridized carbons (Fsp3) is 0.818. The molecule has 0 amide bonds. The van der Waals surface area contributed by atoms with Gasteiger partial charge in [-0.3, -0.25) is 9.59 Å². The molecule has 94 valence electrons. The Labute approximate surface area is 95.7 Å². The highest BCUT2D eigenvalue weighted by atomic mass is 16.5. The molecule has 0 aliphatic carbocycles. The maximum absolute atomic E-state index is 11.2. The van der Waals surface area contributed by atoms with Crippen LogP contribution in [0, 0.1) is 5.92 Å². The fourth-order valence-corrected chi connectivity index (χ4v) is 1.04. The van der Waals surface area contributed by atoms with Crippen LogP contribution in [0.15, 0.2) is 0 Å². The number of hydrogen-bond acceptors (Lipinski definition) is 5. The van der Waals surface area contributed by atoms with E-state index < -0.39 is 11.9 Å². The smallest absolute Gasteiger partial charge is 0.314 e. The first-order valence-electron chi connectivity index (χ1n) is 5.58. The van der Waals surface area contributed by atoms with E-state index in [2.05, 4.69) is 0 Å². The summed E-state index contributed by atoms with van der Waals surface area (Å²) in [7, 11) is 0. The Bertz CT molecular complexity index is 214. The number of hydrogen-bond donors (Lipinski definition) is 1. The van der Waals surface area contributed by atoms with Gasteiger partial charge in [-0.05, 0) is 13.3 Å². The summed E-state index contributed by atoms with van der Waals surface area (Å²) in [5, 5.41) is 8.92. The van der Waals surface area contributed by atoms with Crippen molar-refractivity contribution in [3.63, 3.8) is 0 Å². The Morgan fingerprint density at radius 3 is 2.44 bits per heavy atom. The number of aliphatic hydroxyl groups excluding tert-OH is 1. The Balaban J connectivity index is 3.85. The fourth-order valence-electron chi connectivity index (χ4n) is 1.04. The number of carbonyl (C=O) groups excluding carboxylic acids is 2. The van der Waals surface area contributed by atoms with Crippen molar-refractivity contribution in [1.29, 1.82) is 0 Å². The molecular weight excluding hydrogens is 212 g/mol. The minimum atomic E-state index is -0.773. The topological polar surface area (TPSA) is 72.8 Å². The lowest BCUT2D eigenvalue weighted by Gasteiger charge is -2.12. The molecule has 1 unspecified atom stereocenters. The summed E-state index contributed by atoms with van der Waals surface area (Å²) in [4.78, 5) is 22.4. The maximum atomic E-state index is 11.2.